The molecule has 2 N–H and O–H groups in total. The highest BCUT2D eigenvalue weighted by atomic mass is 16.5. The van der Waals surface area contributed by atoms with Gasteiger partial charge in [-0.2, -0.15) is 0 Å². The summed E-state index contributed by atoms with van der Waals surface area (Å²) in [5.74, 6) is 0. The van der Waals surface area contributed by atoms with Gasteiger partial charge in [0.25, 0.3) is 0 Å². The van der Waals surface area contributed by atoms with Crippen LogP contribution in [0.25, 0.3) is 0 Å². The number of benzene rings is 1. The molecule has 1 amide bonds. The number of ether oxygens (including phenoxy) is 1. The van der Waals surface area contributed by atoms with Gasteiger partial charge in [0.05, 0.1) is 6.04 Å². The van der Waals surface area contributed by atoms with Crippen LogP contribution in [-0.2, 0) is 24.0 Å². The lowest BCUT2D eigenvalue weighted by molar-refractivity contribution is 0.139. The number of amides is 1. The number of carbonyl (C=O) groups excluding carboxylic acids is 1. The fraction of sp³-hybridized carbons (Fsp3) is 0.632. The van der Waals surface area contributed by atoms with E-state index in [2.05, 4.69) is 37.8 Å². The molecule has 0 fully saturated rings. The molecule has 126 valence electrons. The lowest BCUT2D eigenvalue weighted by Gasteiger charge is -2.35. The number of hydrogen-bond donors (Lipinski definition) is 1. The van der Waals surface area contributed by atoms with Gasteiger partial charge in [0.15, 0.2) is 0 Å². The number of rotatable bonds is 4. The van der Waals surface area contributed by atoms with E-state index in [0.717, 1.165) is 19.4 Å². The van der Waals surface area contributed by atoms with Crippen molar-refractivity contribution in [1.29, 1.82) is 0 Å². The first-order chi connectivity index (χ1) is 10.8. The van der Waals surface area contributed by atoms with Crippen molar-refractivity contribution in [2.45, 2.75) is 58.9 Å². The first-order valence-corrected chi connectivity index (χ1v) is 8.68. The minimum atomic E-state index is -0.679. The first-order valence-electron chi connectivity index (χ1n) is 8.68. The zero-order chi connectivity index (χ0) is 16.6. The summed E-state index contributed by atoms with van der Waals surface area (Å²) in [7, 11) is 0. The molecule has 1 aliphatic heterocycles. The Kier molecular flexibility index (Phi) is 4.26. The van der Waals surface area contributed by atoms with Gasteiger partial charge in [-0.3, -0.25) is 0 Å². The van der Waals surface area contributed by atoms with Crippen molar-refractivity contribution in [3.05, 3.63) is 28.8 Å². The molecule has 0 saturated heterocycles. The summed E-state index contributed by atoms with van der Waals surface area (Å²) in [6, 6.07) is 4.79. The van der Waals surface area contributed by atoms with Crippen LogP contribution in [0.15, 0.2) is 12.1 Å². The summed E-state index contributed by atoms with van der Waals surface area (Å²) in [5, 5.41) is 0. The van der Waals surface area contributed by atoms with E-state index in [1.165, 1.54) is 41.6 Å². The van der Waals surface area contributed by atoms with Gasteiger partial charge in [-0.1, -0.05) is 32.9 Å². The molecule has 4 nitrogen and oxygen atoms in total. The highest BCUT2D eigenvalue weighted by Crippen LogP contribution is 2.40. The van der Waals surface area contributed by atoms with E-state index in [1.54, 1.807) is 0 Å². The number of anilines is 1. The van der Waals surface area contributed by atoms with E-state index in [9.17, 15) is 4.79 Å². The van der Waals surface area contributed by atoms with Gasteiger partial charge in [0.2, 0.25) is 0 Å². The zero-order valence-electron chi connectivity index (χ0n) is 14.5. The normalized spacial score (nSPS) is 17.8. The maximum atomic E-state index is 11.1. The largest absolute Gasteiger partial charge is 0.448 e. The van der Waals surface area contributed by atoms with Crippen molar-refractivity contribution in [3.8, 4) is 0 Å². The standard InChI is InChI=1S/C19H28N2O2/c1-19(2,3)11-15(12-23-18(20)22)21-10-9-14-8-7-13-5-4-6-16(13)17(14)21/h7-8,15H,4-6,9-12H2,1-3H3,(H2,20,22). The highest BCUT2D eigenvalue weighted by Gasteiger charge is 2.33. The number of primary amides is 1. The number of fused-ring (bicyclic) bond motifs is 3. The van der Waals surface area contributed by atoms with Gasteiger partial charge in [-0.25, -0.2) is 4.79 Å². The second kappa shape index (κ2) is 6.06. The Morgan fingerprint density at radius 1 is 1.26 bits per heavy atom. The molecule has 1 aromatic carbocycles. The topological polar surface area (TPSA) is 55.6 Å². The van der Waals surface area contributed by atoms with Gasteiger partial charge >= 0.3 is 6.09 Å². The van der Waals surface area contributed by atoms with Crippen molar-refractivity contribution in [2.75, 3.05) is 18.1 Å². The fourth-order valence-corrected chi connectivity index (χ4v) is 4.12. The van der Waals surface area contributed by atoms with Gasteiger partial charge in [-0.05, 0) is 54.2 Å². The second-order valence-corrected chi connectivity index (χ2v) is 8.06. The second-order valence-electron chi connectivity index (χ2n) is 8.06. The Morgan fingerprint density at radius 3 is 2.70 bits per heavy atom. The number of aryl methyl sites for hydroxylation is 1. The third-order valence-electron chi connectivity index (χ3n) is 4.95. The average molecular weight is 316 g/mol. The summed E-state index contributed by atoms with van der Waals surface area (Å²) in [4.78, 5) is 13.6. The quantitative estimate of drug-likeness (QED) is 0.926. The lowest BCUT2D eigenvalue weighted by atomic mass is 9.87. The monoisotopic (exact) mass is 316 g/mol. The average Bonchev–Trinajstić information content (AvgIpc) is 3.07. The van der Waals surface area contributed by atoms with E-state index < -0.39 is 6.09 Å². The summed E-state index contributed by atoms with van der Waals surface area (Å²) in [6.45, 7) is 8.08. The molecule has 1 aromatic rings. The van der Waals surface area contributed by atoms with Crippen LogP contribution < -0.4 is 10.6 Å². The smallest absolute Gasteiger partial charge is 0.404 e. The number of nitrogens with two attached hydrogens (primary N) is 1. The molecule has 0 saturated carbocycles. The van der Waals surface area contributed by atoms with Crippen LogP contribution in [0.5, 0.6) is 0 Å². The van der Waals surface area contributed by atoms with Crippen LogP contribution in [0, 0.1) is 5.41 Å². The van der Waals surface area contributed by atoms with E-state index >= 15 is 0 Å². The zero-order valence-corrected chi connectivity index (χ0v) is 14.5. The van der Waals surface area contributed by atoms with Gasteiger partial charge in [0, 0.05) is 12.2 Å². The van der Waals surface area contributed by atoms with E-state index in [4.69, 9.17) is 10.5 Å². The number of carbonyl (C=O) groups is 1. The summed E-state index contributed by atoms with van der Waals surface area (Å²) in [5.41, 5.74) is 11.3. The molecule has 23 heavy (non-hydrogen) atoms. The predicted molar refractivity (Wildman–Crippen MR) is 92.9 cm³/mol. The molecular formula is C19H28N2O2. The maximum absolute atomic E-state index is 11.1. The highest BCUT2D eigenvalue weighted by molar-refractivity contribution is 5.68. The van der Waals surface area contributed by atoms with Crippen LogP contribution in [0.1, 0.15) is 50.3 Å². The van der Waals surface area contributed by atoms with E-state index in [-0.39, 0.29) is 11.5 Å². The predicted octanol–water partition coefficient (Wildman–Crippen LogP) is 3.44. The van der Waals surface area contributed by atoms with Crippen molar-refractivity contribution in [2.24, 2.45) is 11.1 Å². The molecule has 0 radical (unpaired) electrons. The summed E-state index contributed by atoms with van der Waals surface area (Å²) in [6.07, 6.45) is 5.00. The molecule has 0 spiro atoms. The lowest BCUT2D eigenvalue weighted by Crippen LogP contribution is -2.41. The molecule has 1 unspecified atom stereocenters. The maximum Gasteiger partial charge on any atom is 0.404 e. The van der Waals surface area contributed by atoms with Crippen LogP contribution in [-0.4, -0.2) is 25.3 Å². The molecule has 0 aromatic heterocycles. The Balaban J connectivity index is 1.90. The van der Waals surface area contributed by atoms with Crippen molar-refractivity contribution in [3.63, 3.8) is 0 Å². The third kappa shape index (κ3) is 3.46. The number of nitrogens with zero attached hydrogens (tertiary/aromatic N) is 1. The summed E-state index contributed by atoms with van der Waals surface area (Å²) >= 11 is 0. The van der Waals surface area contributed by atoms with Gasteiger partial charge < -0.3 is 15.4 Å². The van der Waals surface area contributed by atoms with Gasteiger partial charge in [-0.15, -0.1) is 0 Å². The molecule has 3 rings (SSSR count). The third-order valence-corrected chi connectivity index (χ3v) is 4.95. The SMILES string of the molecule is CC(C)(C)CC(COC(N)=O)N1CCc2ccc3c(c21)CCC3. The molecular weight excluding hydrogens is 288 g/mol. The summed E-state index contributed by atoms with van der Waals surface area (Å²) < 4.78 is 5.19. The van der Waals surface area contributed by atoms with Crippen molar-refractivity contribution in [1.82, 2.24) is 0 Å². The minimum Gasteiger partial charge on any atom is -0.448 e. The van der Waals surface area contributed by atoms with Crippen LogP contribution in [0.3, 0.4) is 0 Å². The number of hydrogen-bond acceptors (Lipinski definition) is 3. The fourth-order valence-electron chi connectivity index (χ4n) is 4.12. The Labute approximate surface area is 139 Å². The van der Waals surface area contributed by atoms with E-state index in [0.29, 0.717) is 6.61 Å². The Morgan fingerprint density at radius 2 is 2.00 bits per heavy atom. The first kappa shape index (κ1) is 16.2. The molecule has 2 aliphatic rings. The van der Waals surface area contributed by atoms with Crippen molar-refractivity contribution >= 4 is 11.8 Å². The van der Waals surface area contributed by atoms with Crippen LogP contribution in [0.4, 0.5) is 10.5 Å². The van der Waals surface area contributed by atoms with E-state index in [1.807, 2.05) is 0 Å². The van der Waals surface area contributed by atoms with Gasteiger partial charge in [0.1, 0.15) is 6.61 Å². The van der Waals surface area contributed by atoms with Crippen molar-refractivity contribution < 1.29 is 9.53 Å². The minimum absolute atomic E-state index is 0.173. The van der Waals surface area contributed by atoms with Crippen LogP contribution >= 0.6 is 0 Å². The molecule has 1 heterocycles. The molecule has 1 aliphatic carbocycles. The molecule has 1 atom stereocenters. The Hall–Kier alpha value is -1.71. The molecule has 0 bridgehead atoms. The van der Waals surface area contributed by atoms with Crippen LogP contribution in [0.2, 0.25) is 0 Å². The Bertz CT molecular complexity index is 604. The molecule has 4 heteroatoms.